The third kappa shape index (κ3) is 3.81. The van der Waals surface area contributed by atoms with Crippen molar-refractivity contribution in [1.29, 1.82) is 5.26 Å². The summed E-state index contributed by atoms with van der Waals surface area (Å²) in [6, 6.07) is 41.2. The lowest BCUT2D eigenvalue weighted by molar-refractivity contribution is 1.18. The van der Waals surface area contributed by atoms with Crippen molar-refractivity contribution in [3.05, 3.63) is 126 Å². The maximum absolute atomic E-state index is 9.73. The summed E-state index contributed by atoms with van der Waals surface area (Å²) >= 11 is 6.18. The van der Waals surface area contributed by atoms with E-state index < -0.39 is 0 Å². The lowest BCUT2D eigenvalue weighted by atomic mass is 10.0. The summed E-state index contributed by atoms with van der Waals surface area (Å²) in [5, 5.41) is 16.1. The number of nitriles is 1. The first-order valence-corrected chi connectivity index (χ1v) is 11.7. The number of anilines is 2. The Bertz CT molecular complexity index is 1740. The third-order valence-corrected chi connectivity index (χ3v) is 6.50. The van der Waals surface area contributed by atoms with E-state index in [4.69, 9.17) is 11.6 Å². The number of nitrogens with one attached hydrogen (secondary N) is 1. The second kappa shape index (κ2) is 8.68. The van der Waals surface area contributed by atoms with Crippen LogP contribution in [0.1, 0.15) is 5.56 Å². The molecular formula is C31H20ClN3. The molecule has 1 heterocycles. The Morgan fingerprint density at radius 3 is 2.29 bits per heavy atom. The normalized spacial score (nSPS) is 11.0. The van der Waals surface area contributed by atoms with Crippen LogP contribution in [0.5, 0.6) is 0 Å². The minimum absolute atomic E-state index is 0.570. The van der Waals surface area contributed by atoms with Gasteiger partial charge in [0.05, 0.1) is 22.3 Å². The predicted octanol–water partition coefficient (Wildman–Crippen LogP) is 8.72. The zero-order valence-electron chi connectivity index (χ0n) is 18.7. The second-order valence-electron chi connectivity index (χ2n) is 8.43. The number of para-hydroxylation sites is 1. The summed E-state index contributed by atoms with van der Waals surface area (Å²) in [7, 11) is 0. The van der Waals surface area contributed by atoms with E-state index in [9.17, 15) is 5.26 Å². The molecule has 1 aromatic heterocycles. The van der Waals surface area contributed by atoms with Crippen molar-refractivity contribution >= 4 is 44.8 Å². The lowest BCUT2D eigenvalue weighted by Crippen LogP contribution is -1.99. The lowest BCUT2D eigenvalue weighted by Gasteiger charge is -2.13. The fourth-order valence-electron chi connectivity index (χ4n) is 4.66. The van der Waals surface area contributed by atoms with Gasteiger partial charge in [-0.25, -0.2) is 0 Å². The minimum atomic E-state index is 0.570. The smallest absolute Gasteiger partial charge is 0.101 e. The van der Waals surface area contributed by atoms with Gasteiger partial charge in [0, 0.05) is 27.2 Å². The number of rotatable bonds is 4. The fraction of sp³-hybridized carbons (Fsp3) is 0. The molecule has 6 aromatic rings. The number of hydrogen-bond donors (Lipinski definition) is 1. The van der Waals surface area contributed by atoms with Crippen LogP contribution in [0.4, 0.5) is 11.4 Å². The Kier molecular flexibility index (Phi) is 5.22. The number of hydrogen-bond acceptors (Lipinski definition) is 2. The van der Waals surface area contributed by atoms with Gasteiger partial charge in [0.25, 0.3) is 0 Å². The van der Waals surface area contributed by atoms with E-state index in [1.54, 1.807) is 0 Å². The average Bonchev–Trinajstić information content (AvgIpc) is 3.23. The molecule has 3 nitrogen and oxygen atoms in total. The SMILES string of the molecule is N#Cc1ccc(-n2c3ccccc3c3cc(-c4ccccc4)ccc32)cc1Nc1cccc(Cl)c1. The van der Waals surface area contributed by atoms with Crippen LogP contribution < -0.4 is 5.32 Å². The molecule has 0 unspecified atom stereocenters. The summed E-state index contributed by atoms with van der Waals surface area (Å²) in [6.45, 7) is 0. The van der Waals surface area contributed by atoms with Crippen molar-refractivity contribution in [2.24, 2.45) is 0 Å². The summed E-state index contributed by atoms with van der Waals surface area (Å²) < 4.78 is 2.25. The van der Waals surface area contributed by atoms with Gasteiger partial charge in [-0.3, -0.25) is 0 Å². The average molecular weight is 470 g/mol. The fourth-order valence-corrected chi connectivity index (χ4v) is 4.85. The number of aromatic nitrogens is 1. The summed E-state index contributed by atoms with van der Waals surface area (Å²) in [5.41, 5.74) is 7.73. The van der Waals surface area contributed by atoms with Crippen LogP contribution in [0.2, 0.25) is 5.02 Å². The maximum Gasteiger partial charge on any atom is 0.101 e. The van der Waals surface area contributed by atoms with Crippen molar-refractivity contribution in [1.82, 2.24) is 4.57 Å². The zero-order valence-corrected chi connectivity index (χ0v) is 19.5. The largest absolute Gasteiger partial charge is 0.354 e. The van der Waals surface area contributed by atoms with Crippen LogP contribution >= 0.6 is 11.6 Å². The molecule has 0 atom stereocenters. The Balaban J connectivity index is 1.54. The van der Waals surface area contributed by atoms with Crippen LogP contribution in [-0.4, -0.2) is 4.57 Å². The molecular weight excluding hydrogens is 450 g/mol. The van der Waals surface area contributed by atoms with E-state index in [1.807, 2.05) is 48.5 Å². The van der Waals surface area contributed by atoms with Crippen molar-refractivity contribution in [2.75, 3.05) is 5.32 Å². The molecule has 0 saturated carbocycles. The van der Waals surface area contributed by atoms with Gasteiger partial charge in [0.2, 0.25) is 0 Å². The molecule has 35 heavy (non-hydrogen) atoms. The monoisotopic (exact) mass is 469 g/mol. The van der Waals surface area contributed by atoms with Crippen molar-refractivity contribution in [3.63, 3.8) is 0 Å². The number of benzene rings is 5. The highest BCUT2D eigenvalue weighted by Crippen LogP contribution is 2.36. The third-order valence-electron chi connectivity index (χ3n) is 6.27. The van der Waals surface area contributed by atoms with E-state index in [1.165, 1.54) is 21.9 Å². The quantitative estimate of drug-likeness (QED) is 0.280. The Hall–Kier alpha value is -4.52. The van der Waals surface area contributed by atoms with Gasteiger partial charge < -0.3 is 9.88 Å². The Morgan fingerprint density at radius 2 is 1.46 bits per heavy atom. The van der Waals surface area contributed by atoms with Gasteiger partial charge in [0.15, 0.2) is 0 Å². The highest BCUT2D eigenvalue weighted by Gasteiger charge is 2.14. The molecule has 0 aliphatic carbocycles. The van der Waals surface area contributed by atoms with Crippen LogP contribution in [0.3, 0.4) is 0 Å². The Morgan fingerprint density at radius 1 is 0.657 bits per heavy atom. The van der Waals surface area contributed by atoms with Gasteiger partial charge in [-0.1, -0.05) is 72.3 Å². The molecule has 0 saturated heterocycles. The standard InChI is InChI=1S/C31H20ClN3/c32-24-9-6-10-25(18-24)34-29-19-26(15-13-23(29)20-33)35-30-12-5-4-11-27(30)28-17-22(14-16-31(28)35)21-7-2-1-3-8-21/h1-19,34H. The van der Waals surface area contributed by atoms with E-state index in [2.05, 4.69) is 82.7 Å². The van der Waals surface area contributed by atoms with Gasteiger partial charge in [-0.05, 0) is 65.7 Å². The molecule has 0 bridgehead atoms. The molecule has 0 aliphatic rings. The van der Waals surface area contributed by atoms with Crippen molar-refractivity contribution in [2.45, 2.75) is 0 Å². The number of halogens is 1. The van der Waals surface area contributed by atoms with Crippen molar-refractivity contribution < 1.29 is 0 Å². The summed E-state index contributed by atoms with van der Waals surface area (Å²) in [5.74, 6) is 0. The van der Waals surface area contributed by atoms with E-state index in [-0.39, 0.29) is 0 Å². The molecule has 0 amide bonds. The second-order valence-corrected chi connectivity index (χ2v) is 8.86. The van der Waals surface area contributed by atoms with Crippen LogP contribution in [0.15, 0.2) is 115 Å². The minimum Gasteiger partial charge on any atom is -0.354 e. The van der Waals surface area contributed by atoms with Gasteiger partial charge in [-0.15, -0.1) is 0 Å². The molecule has 4 heteroatoms. The van der Waals surface area contributed by atoms with Crippen LogP contribution in [0, 0.1) is 11.3 Å². The first-order chi connectivity index (χ1) is 17.2. The summed E-state index contributed by atoms with van der Waals surface area (Å²) in [6.07, 6.45) is 0. The van der Waals surface area contributed by atoms with E-state index >= 15 is 0 Å². The molecule has 5 aromatic carbocycles. The van der Waals surface area contributed by atoms with Gasteiger partial charge in [-0.2, -0.15) is 5.26 Å². The molecule has 0 radical (unpaired) electrons. The predicted molar refractivity (Wildman–Crippen MR) is 146 cm³/mol. The van der Waals surface area contributed by atoms with Crippen LogP contribution in [0.25, 0.3) is 38.6 Å². The maximum atomic E-state index is 9.73. The van der Waals surface area contributed by atoms with Gasteiger partial charge in [0.1, 0.15) is 6.07 Å². The zero-order chi connectivity index (χ0) is 23.8. The van der Waals surface area contributed by atoms with E-state index in [0.29, 0.717) is 10.6 Å². The van der Waals surface area contributed by atoms with E-state index in [0.717, 1.165) is 28.1 Å². The molecule has 1 N–H and O–H groups in total. The molecule has 6 rings (SSSR count). The van der Waals surface area contributed by atoms with Crippen LogP contribution in [-0.2, 0) is 0 Å². The topological polar surface area (TPSA) is 40.8 Å². The molecule has 0 spiro atoms. The molecule has 0 aliphatic heterocycles. The van der Waals surface area contributed by atoms with Crippen molar-refractivity contribution in [3.8, 4) is 22.9 Å². The molecule has 0 fully saturated rings. The number of fused-ring (bicyclic) bond motifs is 3. The summed E-state index contributed by atoms with van der Waals surface area (Å²) in [4.78, 5) is 0. The number of nitrogens with zero attached hydrogens (tertiary/aromatic N) is 2. The highest BCUT2D eigenvalue weighted by molar-refractivity contribution is 6.30. The first-order valence-electron chi connectivity index (χ1n) is 11.4. The van der Waals surface area contributed by atoms with Gasteiger partial charge >= 0.3 is 0 Å². The highest BCUT2D eigenvalue weighted by atomic mass is 35.5. The Labute approximate surface area is 208 Å². The first kappa shape index (κ1) is 21.0. The molecule has 166 valence electrons.